The number of esters is 1. The second-order valence-corrected chi connectivity index (χ2v) is 9.80. The molecule has 1 atom stereocenters. The largest absolute Gasteiger partial charge is 0.489 e. The molecule has 0 radical (unpaired) electrons. The molecule has 7 nitrogen and oxygen atoms in total. The number of thioether (sulfide) groups is 1. The number of anilines is 1. The van der Waals surface area contributed by atoms with Crippen molar-refractivity contribution < 1.29 is 14.3 Å². The van der Waals surface area contributed by atoms with Gasteiger partial charge < -0.3 is 14.8 Å². The molecule has 1 aromatic heterocycles. The number of rotatable bonds is 9. The van der Waals surface area contributed by atoms with Crippen molar-refractivity contribution in [2.75, 3.05) is 17.7 Å². The first kappa shape index (κ1) is 25.4. The topological polar surface area (TPSA) is 78.3 Å². The summed E-state index contributed by atoms with van der Waals surface area (Å²) >= 11 is 13.9. The Hall–Kier alpha value is -2.68. The smallest absolute Gasteiger partial charge is 0.338 e. The third kappa shape index (κ3) is 5.77. The summed E-state index contributed by atoms with van der Waals surface area (Å²) in [6.07, 6.45) is 1.01. The molecule has 0 fully saturated rings. The first-order chi connectivity index (χ1) is 16.9. The summed E-state index contributed by atoms with van der Waals surface area (Å²) in [6.45, 7) is 6.29. The van der Waals surface area contributed by atoms with E-state index in [0.29, 0.717) is 38.2 Å². The maximum Gasteiger partial charge on any atom is 0.338 e. The summed E-state index contributed by atoms with van der Waals surface area (Å²) in [4.78, 5) is 17.6. The number of nitrogens with one attached hydrogen (secondary N) is 1. The van der Waals surface area contributed by atoms with Crippen LogP contribution in [0.15, 0.2) is 58.9 Å². The molecule has 0 spiro atoms. The minimum absolute atomic E-state index is 0.273. The van der Waals surface area contributed by atoms with Crippen LogP contribution in [0.25, 0.3) is 0 Å². The Balaban J connectivity index is 1.68. The molecule has 184 valence electrons. The number of benzene rings is 2. The first-order valence-electron chi connectivity index (χ1n) is 11.3. The minimum Gasteiger partial charge on any atom is -0.489 e. The van der Waals surface area contributed by atoms with Crippen LogP contribution in [-0.2, 0) is 16.1 Å². The molecule has 3 aromatic rings. The molecule has 1 N–H and O–H groups in total. The molecule has 10 heteroatoms. The standard InChI is InChI=1S/C25H26Cl2N4O3S/c1-4-11-35-25-29-24-28-15(3)21(23(32)33-5-2)22(31(24)30-25)16-7-6-8-19(12-16)34-14-17-9-10-18(26)13-20(17)27/h6-10,12-13,22H,4-5,11,14H2,1-3H3,(H,28,29,30). The number of carbonyl (C=O) groups is 1. The van der Waals surface area contributed by atoms with Crippen LogP contribution in [0, 0.1) is 0 Å². The maximum atomic E-state index is 13.0. The Labute approximate surface area is 218 Å². The van der Waals surface area contributed by atoms with E-state index in [9.17, 15) is 4.79 Å². The van der Waals surface area contributed by atoms with E-state index in [1.807, 2.05) is 37.3 Å². The monoisotopic (exact) mass is 532 g/mol. The van der Waals surface area contributed by atoms with Crippen LogP contribution in [-0.4, -0.2) is 33.1 Å². The lowest BCUT2D eigenvalue weighted by atomic mass is 9.95. The molecular formula is C25H26Cl2N4O3S. The Morgan fingerprint density at radius 2 is 2.03 bits per heavy atom. The Kier molecular flexibility index (Phi) is 8.26. The van der Waals surface area contributed by atoms with Crippen LogP contribution < -0.4 is 10.1 Å². The van der Waals surface area contributed by atoms with E-state index in [-0.39, 0.29) is 13.2 Å². The van der Waals surface area contributed by atoms with Crippen molar-refractivity contribution in [3.05, 3.63) is 74.9 Å². The van der Waals surface area contributed by atoms with Gasteiger partial charge in [-0.1, -0.05) is 60.1 Å². The van der Waals surface area contributed by atoms with Gasteiger partial charge in [-0.25, -0.2) is 9.48 Å². The number of aromatic nitrogens is 3. The third-order valence-electron chi connectivity index (χ3n) is 5.35. The SMILES string of the molecule is CCCSc1nc2n(n1)C(c1cccc(OCc3ccc(Cl)cc3Cl)c1)C(C(=O)OCC)=C(C)N2. The van der Waals surface area contributed by atoms with Gasteiger partial charge in [0.05, 0.1) is 12.2 Å². The van der Waals surface area contributed by atoms with Crippen LogP contribution in [0.4, 0.5) is 5.95 Å². The number of hydrogen-bond acceptors (Lipinski definition) is 7. The van der Waals surface area contributed by atoms with Crippen LogP contribution in [0.2, 0.25) is 10.0 Å². The van der Waals surface area contributed by atoms with Crippen molar-refractivity contribution in [3.63, 3.8) is 0 Å². The molecule has 0 bridgehead atoms. The lowest BCUT2D eigenvalue weighted by molar-refractivity contribution is -0.139. The van der Waals surface area contributed by atoms with E-state index in [1.165, 1.54) is 0 Å². The predicted octanol–water partition coefficient (Wildman–Crippen LogP) is 6.52. The summed E-state index contributed by atoms with van der Waals surface area (Å²) < 4.78 is 13.2. The van der Waals surface area contributed by atoms with E-state index < -0.39 is 12.0 Å². The molecule has 1 aliphatic heterocycles. The fourth-order valence-corrected chi connectivity index (χ4v) is 4.89. The Morgan fingerprint density at radius 3 is 2.77 bits per heavy atom. The van der Waals surface area contributed by atoms with Gasteiger partial charge in [0.2, 0.25) is 11.1 Å². The highest BCUT2D eigenvalue weighted by molar-refractivity contribution is 7.99. The molecular weight excluding hydrogens is 507 g/mol. The summed E-state index contributed by atoms with van der Waals surface area (Å²) in [5.74, 6) is 1.72. The van der Waals surface area contributed by atoms with Gasteiger partial charge in [0.15, 0.2) is 0 Å². The van der Waals surface area contributed by atoms with Crippen molar-refractivity contribution >= 4 is 46.9 Å². The number of hydrogen-bond donors (Lipinski definition) is 1. The second-order valence-electron chi connectivity index (χ2n) is 7.89. The molecule has 35 heavy (non-hydrogen) atoms. The normalized spacial score (nSPS) is 14.9. The van der Waals surface area contributed by atoms with Crippen molar-refractivity contribution in [2.45, 2.75) is 45.0 Å². The number of allylic oxidation sites excluding steroid dienone is 1. The van der Waals surface area contributed by atoms with Gasteiger partial charge >= 0.3 is 5.97 Å². The number of halogens is 2. The minimum atomic E-state index is -0.517. The summed E-state index contributed by atoms with van der Waals surface area (Å²) in [7, 11) is 0. The summed E-state index contributed by atoms with van der Waals surface area (Å²) in [6, 6.07) is 12.4. The van der Waals surface area contributed by atoms with E-state index in [2.05, 4.69) is 17.2 Å². The lowest BCUT2D eigenvalue weighted by Gasteiger charge is -2.28. The fourth-order valence-electron chi connectivity index (χ4n) is 3.74. The van der Waals surface area contributed by atoms with E-state index in [1.54, 1.807) is 35.5 Å². The molecule has 2 aromatic carbocycles. The summed E-state index contributed by atoms with van der Waals surface area (Å²) in [5.41, 5.74) is 2.81. The van der Waals surface area contributed by atoms with Crippen LogP contribution in [0.3, 0.4) is 0 Å². The molecule has 0 amide bonds. The van der Waals surface area contributed by atoms with Gasteiger partial charge in [-0.3, -0.25) is 0 Å². The molecule has 0 aliphatic carbocycles. The molecule has 4 rings (SSSR count). The number of ether oxygens (including phenoxy) is 2. The average molecular weight is 533 g/mol. The summed E-state index contributed by atoms with van der Waals surface area (Å²) in [5, 5.41) is 9.69. The van der Waals surface area contributed by atoms with Crippen LogP contribution >= 0.6 is 35.0 Å². The average Bonchev–Trinajstić information content (AvgIpc) is 3.23. The predicted molar refractivity (Wildman–Crippen MR) is 139 cm³/mol. The number of nitrogens with zero attached hydrogens (tertiary/aromatic N) is 3. The second kappa shape index (κ2) is 11.4. The number of carbonyl (C=O) groups excluding carboxylic acids is 1. The van der Waals surface area contributed by atoms with Crippen molar-refractivity contribution in [3.8, 4) is 5.75 Å². The van der Waals surface area contributed by atoms with Crippen molar-refractivity contribution in [1.82, 2.24) is 14.8 Å². The van der Waals surface area contributed by atoms with E-state index in [4.69, 9.17) is 37.8 Å². The zero-order valence-electron chi connectivity index (χ0n) is 19.7. The third-order valence-corrected chi connectivity index (χ3v) is 6.98. The number of fused-ring (bicyclic) bond motifs is 1. The quantitative estimate of drug-likeness (QED) is 0.248. The van der Waals surface area contributed by atoms with Gasteiger partial charge in [-0.15, -0.1) is 5.10 Å². The van der Waals surface area contributed by atoms with E-state index >= 15 is 0 Å². The Bertz CT molecular complexity index is 1260. The first-order valence-corrected chi connectivity index (χ1v) is 13.1. The van der Waals surface area contributed by atoms with Crippen molar-refractivity contribution in [2.24, 2.45) is 0 Å². The van der Waals surface area contributed by atoms with Gasteiger partial charge in [0.1, 0.15) is 18.4 Å². The van der Waals surface area contributed by atoms with Gasteiger partial charge in [0, 0.05) is 27.1 Å². The van der Waals surface area contributed by atoms with Crippen molar-refractivity contribution in [1.29, 1.82) is 0 Å². The highest BCUT2D eigenvalue weighted by Gasteiger charge is 2.35. The molecule has 0 saturated heterocycles. The Morgan fingerprint density at radius 1 is 1.20 bits per heavy atom. The fraction of sp³-hybridized carbons (Fsp3) is 0.320. The van der Waals surface area contributed by atoms with E-state index in [0.717, 1.165) is 23.3 Å². The molecule has 1 unspecified atom stereocenters. The van der Waals surface area contributed by atoms with Gasteiger partial charge in [0.25, 0.3) is 0 Å². The highest BCUT2D eigenvalue weighted by atomic mass is 35.5. The van der Waals surface area contributed by atoms with Gasteiger partial charge in [-0.05, 0) is 50.1 Å². The molecule has 1 aliphatic rings. The van der Waals surface area contributed by atoms with Crippen LogP contribution in [0.1, 0.15) is 44.4 Å². The zero-order chi connectivity index (χ0) is 24.9. The molecule has 2 heterocycles. The van der Waals surface area contributed by atoms with Crippen LogP contribution in [0.5, 0.6) is 5.75 Å². The maximum absolute atomic E-state index is 13.0. The molecule has 0 saturated carbocycles. The van der Waals surface area contributed by atoms with Gasteiger partial charge in [-0.2, -0.15) is 4.98 Å². The lowest BCUT2D eigenvalue weighted by Crippen LogP contribution is -2.29. The zero-order valence-corrected chi connectivity index (χ0v) is 22.0. The highest BCUT2D eigenvalue weighted by Crippen LogP contribution is 2.38.